The van der Waals surface area contributed by atoms with Gasteiger partial charge in [-0.05, 0) is 12.1 Å². The molecule has 16 heavy (non-hydrogen) atoms. The Balaban J connectivity index is 2.56. The third-order valence-electron chi connectivity index (χ3n) is 2.13. The van der Waals surface area contributed by atoms with Gasteiger partial charge in [0, 0.05) is 0 Å². The van der Waals surface area contributed by atoms with Crippen molar-refractivity contribution in [3.05, 3.63) is 46.3 Å². The van der Waals surface area contributed by atoms with Crippen LogP contribution >= 0.6 is 0 Å². The Bertz CT molecular complexity index is 556. The largest absolute Gasteiger partial charge is 0.492 e. The number of benzene rings is 1. The quantitative estimate of drug-likeness (QED) is 0.588. The number of rotatable bonds is 3. The number of furan rings is 1. The molecule has 0 atom stereocenters. The van der Waals surface area contributed by atoms with E-state index >= 15 is 0 Å². The molecule has 0 aliphatic heterocycles. The summed E-state index contributed by atoms with van der Waals surface area (Å²) in [6.07, 6.45) is 2.10. The smallest absolute Gasteiger partial charge is 0.238 e. The van der Waals surface area contributed by atoms with Crippen LogP contribution < -0.4 is 4.74 Å². The molecule has 0 amide bonds. The molecule has 2 aromatic rings. The summed E-state index contributed by atoms with van der Waals surface area (Å²) in [6.45, 7) is 0. The van der Waals surface area contributed by atoms with Gasteiger partial charge < -0.3 is 9.15 Å². The highest BCUT2D eigenvalue weighted by molar-refractivity contribution is 5.87. The third-order valence-corrected chi connectivity index (χ3v) is 2.13. The van der Waals surface area contributed by atoms with E-state index in [1.165, 1.54) is 13.2 Å². The zero-order valence-corrected chi connectivity index (χ0v) is 8.54. The second-order valence-electron chi connectivity index (χ2n) is 3.10. The first-order chi connectivity index (χ1) is 7.72. The maximum Gasteiger partial charge on any atom is 0.238 e. The molecule has 5 heteroatoms. The van der Waals surface area contributed by atoms with Crippen LogP contribution in [0.1, 0.15) is 5.76 Å². The van der Waals surface area contributed by atoms with Gasteiger partial charge >= 0.3 is 0 Å². The highest BCUT2D eigenvalue weighted by Crippen LogP contribution is 2.33. The molecule has 0 saturated heterocycles. The summed E-state index contributed by atoms with van der Waals surface area (Å²) in [5, 5.41) is 11.0. The lowest BCUT2D eigenvalue weighted by atomic mass is 10.2. The van der Waals surface area contributed by atoms with Gasteiger partial charge in [-0.2, -0.15) is 0 Å². The van der Waals surface area contributed by atoms with Crippen molar-refractivity contribution in [2.45, 2.75) is 0 Å². The van der Waals surface area contributed by atoms with Crippen LogP contribution in [0.4, 0.5) is 0 Å². The number of ether oxygens (including phenoxy) is 1. The van der Waals surface area contributed by atoms with Crippen molar-refractivity contribution in [2.24, 2.45) is 0 Å². The van der Waals surface area contributed by atoms with E-state index in [0.717, 1.165) is 11.6 Å². The second-order valence-corrected chi connectivity index (χ2v) is 3.10. The zero-order valence-electron chi connectivity index (χ0n) is 8.54. The van der Waals surface area contributed by atoms with Crippen LogP contribution in [-0.4, -0.2) is 12.0 Å². The maximum atomic E-state index is 10.2. The molecule has 2 rings (SSSR count). The molecule has 1 aromatic carbocycles. The number of hydrogen-bond acceptors (Lipinski definition) is 4. The van der Waals surface area contributed by atoms with Gasteiger partial charge in [-0.15, -0.1) is 0 Å². The summed E-state index contributed by atoms with van der Waals surface area (Å²) >= 11 is 0. The number of nitrogens with zero attached hydrogens (tertiary/aromatic N) is 1. The Morgan fingerprint density at radius 1 is 1.44 bits per heavy atom. The molecule has 0 fully saturated rings. The molecule has 0 radical (unpaired) electrons. The normalized spacial score (nSPS) is 11.1. The highest BCUT2D eigenvalue weighted by Gasteiger charge is 2.12. The Morgan fingerprint density at radius 3 is 2.88 bits per heavy atom. The molecule has 0 saturated carbocycles. The number of fused-ring (bicyclic) bond motifs is 1. The minimum absolute atomic E-state index is 0.348. The molecule has 0 aliphatic carbocycles. The number of hydrogen-bond donors (Lipinski definition) is 0. The van der Waals surface area contributed by atoms with Crippen molar-refractivity contribution < 1.29 is 14.1 Å². The SMILES string of the molecule is COc1c(C=C[N+](=O)[O-])oc2ccccc12. The first-order valence-electron chi connectivity index (χ1n) is 4.59. The van der Waals surface area contributed by atoms with E-state index in [1.54, 1.807) is 6.07 Å². The first-order valence-corrected chi connectivity index (χ1v) is 4.59. The minimum atomic E-state index is -0.549. The van der Waals surface area contributed by atoms with Gasteiger partial charge in [-0.25, -0.2) is 0 Å². The summed E-state index contributed by atoms with van der Waals surface area (Å²) < 4.78 is 10.6. The zero-order chi connectivity index (χ0) is 11.5. The van der Waals surface area contributed by atoms with Crippen molar-refractivity contribution in [3.8, 4) is 5.75 Å². The number of para-hydroxylation sites is 1. The molecule has 1 aromatic heterocycles. The van der Waals surface area contributed by atoms with Crippen LogP contribution in [0.5, 0.6) is 5.75 Å². The lowest BCUT2D eigenvalue weighted by Gasteiger charge is -1.95. The summed E-state index contributed by atoms with van der Waals surface area (Å²) in [6, 6.07) is 7.29. The van der Waals surface area contributed by atoms with Gasteiger partial charge in [0.15, 0.2) is 11.5 Å². The topological polar surface area (TPSA) is 65.5 Å². The van der Waals surface area contributed by atoms with E-state index in [4.69, 9.17) is 9.15 Å². The van der Waals surface area contributed by atoms with Crippen LogP contribution in [0.15, 0.2) is 34.9 Å². The lowest BCUT2D eigenvalue weighted by molar-refractivity contribution is -0.401. The highest BCUT2D eigenvalue weighted by atomic mass is 16.6. The molecule has 82 valence electrons. The van der Waals surface area contributed by atoms with Gasteiger partial charge in [0.05, 0.1) is 23.5 Å². The van der Waals surface area contributed by atoms with Gasteiger partial charge in [0.25, 0.3) is 0 Å². The molecule has 0 spiro atoms. The van der Waals surface area contributed by atoms with Gasteiger partial charge in [-0.1, -0.05) is 12.1 Å². The number of nitro groups is 1. The molecule has 0 aliphatic rings. The van der Waals surface area contributed by atoms with Crippen LogP contribution in [0.25, 0.3) is 17.0 Å². The first kappa shape index (κ1) is 10.2. The second kappa shape index (κ2) is 4.06. The lowest BCUT2D eigenvalue weighted by Crippen LogP contribution is -1.85. The Kier molecular flexibility index (Phi) is 2.59. The summed E-state index contributed by atoms with van der Waals surface area (Å²) in [5.41, 5.74) is 0.641. The van der Waals surface area contributed by atoms with Crippen LogP contribution in [0.3, 0.4) is 0 Å². The van der Waals surface area contributed by atoms with E-state index in [9.17, 15) is 10.1 Å². The monoisotopic (exact) mass is 219 g/mol. The fourth-order valence-electron chi connectivity index (χ4n) is 1.49. The van der Waals surface area contributed by atoms with Gasteiger partial charge in [0.2, 0.25) is 6.20 Å². The third kappa shape index (κ3) is 1.75. The Hall–Kier alpha value is -2.30. The fourth-order valence-corrected chi connectivity index (χ4v) is 1.49. The van der Waals surface area contributed by atoms with Crippen LogP contribution in [0, 0.1) is 10.1 Å². The summed E-state index contributed by atoms with van der Waals surface area (Å²) in [4.78, 5) is 9.67. The molecule has 0 N–H and O–H groups in total. The van der Waals surface area contributed by atoms with E-state index in [-0.39, 0.29) is 0 Å². The van der Waals surface area contributed by atoms with Gasteiger partial charge in [-0.3, -0.25) is 10.1 Å². The standard InChI is InChI=1S/C11H9NO4/c1-15-11-8-4-2-3-5-9(8)16-10(11)6-7-12(13)14/h2-7H,1H3. The van der Waals surface area contributed by atoms with Crippen molar-refractivity contribution in [2.75, 3.05) is 7.11 Å². The van der Waals surface area contributed by atoms with Crippen LogP contribution in [0.2, 0.25) is 0 Å². The molecular formula is C11H9NO4. The molecular weight excluding hydrogens is 210 g/mol. The van der Waals surface area contributed by atoms with Crippen molar-refractivity contribution in [3.63, 3.8) is 0 Å². The molecule has 5 nitrogen and oxygen atoms in total. The fraction of sp³-hybridized carbons (Fsp3) is 0.0909. The van der Waals surface area contributed by atoms with E-state index in [1.807, 2.05) is 18.2 Å². The van der Waals surface area contributed by atoms with Crippen molar-refractivity contribution in [1.82, 2.24) is 0 Å². The Morgan fingerprint density at radius 2 is 2.19 bits per heavy atom. The maximum absolute atomic E-state index is 10.2. The molecule has 0 bridgehead atoms. The number of methoxy groups -OCH3 is 1. The minimum Gasteiger partial charge on any atom is -0.492 e. The van der Waals surface area contributed by atoms with Gasteiger partial charge in [0.1, 0.15) is 5.58 Å². The van der Waals surface area contributed by atoms with Crippen LogP contribution in [-0.2, 0) is 0 Å². The van der Waals surface area contributed by atoms with Crippen molar-refractivity contribution in [1.29, 1.82) is 0 Å². The summed E-state index contributed by atoms with van der Waals surface area (Å²) in [5.74, 6) is 0.856. The molecule has 1 heterocycles. The van der Waals surface area contributed by atoms with E-state index in [2.05, 4.69) is 0 Å². The predicted octanol–water partition coefficient (Wildman–Crippen LogP) is 2.69. The molecule has 0 unspecified atom stereocenters. The average Bonchev–Trinajstić information content (AvgIpc) is 2.63. The average molecular weight is 219 g/mol. The Labute approximate surface area is 91.1 Å². The summed E-state index contributed by atoms with van der Waals surface area (Å²) in [7, 11) is 1.50. The van der Waals surface area contributed by atoms with E-state index in [0.29, 0.717) is 17.1 Å². The van der Waals surface area contributed by atoms with E-state index < -0.39 is 4.92 Å². The predicted molar refractivity (Wildman–Crippen MR) is 58.8 cm³/mol. The van der Waals surface area contributed by atoms with Crippen molar-refractivity contribution >= 4 is 17.0 Å².